The molecule has 6 nitrogen and oxygen atoms in total. The molecule has 0 spiro atoms. The maximum atomic E-state index is 11.5. The zero-order valence-corrected chi connectivity index (χ0v) is 11.7. The van der Waals surface area contributed by atoms with Crippen LogP contribution >= 0.6 is 11.8 Å². The van der Waals surface area contributed by atoms with Gasteiger partial charge in [0.05, 0.1) is 10.6 Å². The van der Waals surface area contributed by atoms with Gasteiger partial charge in [0.25, 0.3) is 11.1 Å². The van der Waals surface area contributed by atoms with E-state index in [0.717, 1.165) is 37.7 Å². The van der Waals surface area contributed by atoms with Crippen molar-refractivity contribution in [1.29, 1.82) is 0 Å². The van der Waals surface area contributed by atoms with E-state index in [2.05, 4.69) is 20.2 Å². The molecule has 2 aliphatic rings. The molecule has 3 rings (SSSR count). The highest BCUT2D eigenvalue weighted by Crippen LogP contribution is 2.25. The summed E-state index contributed by atoms with van der Waals surface area (Å²) in [5.41, 5.74) is 0.646. The second-order valence-corrected chi connectivity index (χ2v) is 5.70. The third kappa shape index (κ3) is 2.82. The summed E-state index contributed by atoms with van der Waals surface area (Å²) in [6.45, 7) is 1.93. The Morgan fingerprint density at radius 1 is 1.25 bits per heavy atom. The Hall–Kier alpha value is -1.89. The standard InChI is InChI=1S/C13H14N4O2S/c18-11-10(20-13(19)16-11)8-9-4-5-14-12(15-9)17-6-2-1-3-7-17/h4-5,8H,1-3,6-7H2,(H,16,18,19). The number of nitrogens with zero attached hydrogens (tertiary/aromatic N) is 3. The number of nitrogens with one attached hydrogen (secondary N) is 1. The molecule has 1 aromatic heterocycles. The Morgan fingerprint density at radius 2 is 2.05 bits per heavy atom. The van der Waals surface area contributed by atoms with Crippen LogP contribution in [0.5, 0.6) is 0 Å². The van der Waals surface area contributed by atoms with E-state index in [1.807, 2.05) is 0 Å². The van der Waals surface area contributed by atoms with E-state index in [1.165, 1.54) is 6.42 Å². The summed E-state index contributed by atoms with van der Waals surface area (Å²) >= 11 is 0.897. The number of aromatic nitrogens is 2. The van der Waals surface area contributed by atoms with E-state index in [9.17, 15) is 9.59 Å². The first-order valence-corrected chi connectivity index (χ1v) is 7.37. The number of hydrogen-bond donors (Lipinski definition) is 1. The summed E-state index contributed by atoms with van der Waals surface area (Å²) in [4.78, 5) is 33.9. The largest absolute Gasteiger partial charge is 0.341 e. The third-order valence-electron chi connectivity index (χ3n) is 3.22. The summed E-state index contributed by atoms with van der Waals surface area (Å²) < 4.78 is 0. The predicted molar refractivity (Wildman–Crippen MR) is 77.2 cm³/mol. The monoisotopic (exact) mass is 290 g/mol. The van der Waals surface area contributed by atoms with Crippen LogP contribution in [0.2, 0.25) is 0 Å². The lowest BCUT2D eigenvalue weighted by atomic mass is 10.1. The molecule has 2 aliphatic heterocycles. The zero-order chi connectivity index (χ0) is 13.9. The van der Waals surface area contributed by atoms with Crippen molar-refractivity contribution in [2.45, 2.75) is 19.3 Å². The van der Waals surface area contributed by atoms with E-state index in [0.29, 0.717) is 16.5 Å². The fraction of sp³-hybridized carbons (Fsp3) is 0.385. The van der Waals surface area contributed by atoms with Gasteiger partial charge in [-0.25, -0.2) is 9.97 Å². The Bertz CT molecular complexity index is 581. The van der Waals surface area contributed by atoms with Gasteiger partial charge in [0.2, 0.25) is 5.95 Å². The first-order chi connectivity index (χ1) is 9.72. The Labute approximate surface area is 120 Å². The first-order valence-electron chi connectivity index (χ1n) is 6.55. The Kier molecular flexibility index (Phi) is 3.68. The number of piperidine rings is 1. The molecule has 0 unspecified atom stereocenters. The van der Waals surface area contributed by atoms with Gasteiger partial charge in [-0.1, -0.05) is 0 Å². The molecule has 0 saturated carbocycles. The maximum Gasteiger partial charge on any atom is 0.290 e. The van der Waals surface area contributed by atoms with Crippen LogP contribution in [-0.2, 0) is 4.79 Å². The van der Waals surface area contributed by atoms with E-state index >= 15 is 0 Å². The number of carbonyl (C=O) groups excluding carboxylic acids is 2. The number of anilines is 1. The van der Waals surface area contributed by atoms with Gasteiger partial charge in [0, 0.05) is 19.3 Å². The lowest BCUT2D eigenvalue weighted by Gasteiger charge is -2.26. The van der Waals surface area contributed by atoms with Crippen molar-refractivity contribution in [3.05, 3.63) is 22.9 Å². The minimum Gasteiger partial charge on any atom is -0.341 e. The zero-order valence-electron chi connectivity index (χ0n) is 10.8. The normalized spacial score (nSPS) is 21.4. The number of rotatable bonds is 2. The minimum absolute atomic E-state index is 0.341. The molecule has 3 heterocycles. The second-order valence-electron chi connectivity index (χ2n) is 4.68. The van der Waals surface area contributed by atoms with Gasteiger partial charge in [-0.05, 0) is 43.2 Å². The van der Waals surface area contributed by atoms with Gasteiger partial charge in [-0.2, -0.15) is 0 Å². The summed E-state index contributed by atoms with van der Waals surface area (Å²) in [6, 6.07) is 1.73. The number of hydrogen-bond acceptors (Lipinski definition) is 6. The SMILES string of the molecule is O=C1NC(=O)C(=Cc2ccnc(N3CCCCC3)n2)S1. The molecule has 0 radical (unpaired) electrons. The highest BCUT2D eigenvalue weighted by Gasteiger charge is 2.25. The van der Waals surface area contributed by atoms with Crippen molar-refractivity contribution >= 4 is 34.9 Å². The third-order valence-corrected chi connectivity index (χ3v) is 4.03. The molecule has 7 heteroatoms. The van der Waals surface area contributed by atoms with Crippen molar-refractivity contribution in [3.63, 3.8) is 0 Å². The molecule has 2 fully saturated rings. The topological polar surface area (TPSA) is 75.2 Å². The molecule has 0 atom stereocenters. The van der Waals surface area contributed by atoms with Crippen LogP contribution in [0.25, 0.3) is 6.08 Å². The summed E-state index contributed by atoms with van der Waals surface area (Å²) in [5.74, 6) is 0.326. The van der Waals surface area contributed by atoms with Crippen LogP contribution in [0.15, 0.2) is 17.2 Å². The van der Waals surface area contributed by atoms with Crippen LogP contribution in [-0.4, -0.2) is 34.2 Å². The lowest BCUT2D eigenvalue weighted by Crippen LogP contribution is -2.31. The van der Waals surface area contributed by atoms with Crippen LogP contribution in [0.4, 0.5) is 10.7 Å². The Morgan fingerprint density at radius 3 is 2.75 bits per heavy atom. The van der Waals surface area contributed by atoms with Crippen LogP contribution in [0, 0.1) is 0 Å². The molecule has 0 aliphatic carbocycles. The van der Waals surface area contributed by atoms with Crippen LogP contribution in [0.3, 0.4) is 0 Å². The predicted octanol–water partition coefficient (Wildman–Crippen LogP) is 1.79. The highest BCUT2D eigenvalue weighted by molar-refractivity contribution is 8.18. The second kappa shape index (κ2) is 5.62. The fourth-order valence-corrected chi connectivity index (χ4v) is 2.91. The quantitative estimate of drug-likeness (QED) is 0.837. The number of amides is 2. The van der Waals surface area contributed by atoms with Gasteiger partial charge in [0.15, 0.2) is 0 Å². The molecule has 20 heavy (non-hydrogen) atoms. The van der Waals surface area contributed by atoms with Gasteiger partial charge in [-0.3, -0.25) is 14.9 Å². The van der Waals surface area contributed by atoms with E-state index in [4.69, 9.17) is 0 Å². The van der Waals surface area contributed by atoms with Crippen LogP contribution < -0.4 is 10.2 Å². The smallest absolute Gasteiger partial charge is 0.290 e. The van der Waals surface area contributed by atoms with Crippen molar-refractivity contribution in [3.8, 4) is 0 Å². The molecule has 0 bridgehead atoms. The molecule has 2 saturated heterocycles. The minimum atomic E-state index is -0.363. The summed E-state index contributed by atoms with van der Waals surface area (Å²) in [5, 5.41) is 1.89. The average molecular weight is 290 g/mol. The van der Waals surface area contributed by atoms with E-state index in [1.54, 1.807) is 18.3 Å². The highest BCUT2D eigenvalue weighted by atomic mass is 32.2. The summed E-state index contributed by atoms with van der Waals surface area (Å²) in [6.07, 6.45) is 6.87. The molecular weight excluding hydrogens is 276 g/mol. The summed E-state index contributed by atoms with van der Waals surface area (Å²) in [7, 11) is 0. The molecule has 2 amide bonds. The van der Waals surface area contributed by atoms with Gasteiger partial charge in [-0.15, -0.1) is 0 Å². The lowest BCUT2D eigenvalue weighted by molar-refractivity contribution is -0.115. The molecule has 0 aromatic carbocycles. The molecular formula is C13H14N4O2S. The average Bonchev–Trinajstić information content (AvgIpc) is 2.78. The maximum absolute atomic E-state index is 11.5. The van der Waals surface area contributed by atoms with Gasteiger partial charge >= 0.3 is 0 Å². The van der Waals surface area contributed by atoms with Crippen molar-refractivity contribution in [2.75, 3.05) is 18.0 Å². The molecule has 1 N–H and O–H groups in total. The van der Waals surface area contributed by atoms with E-state index in [-0.39, 0.29) is 11.1 Å². The van der Waals surface area contributed by atoms with Gasteiger partial charge in [0.1, 0.15) is 0 Å². The van der Waals surface area contributed by atoms with Crippen molar-refractivity contribution in [2.24, 2.45) is 0 Å². The number of thioether (sulfide) groups is 1. The van der Waals surface area contributed by atoms with Crippen LogP contribution in [0.1, 0.15) is 25.0 Å². The van der Waals surface area contributed by atoms with E-state index < -0.39 is 0 Å². The number of imide groups is 1. The van der Waals surface area contributed by atoms with Crippen molar-refractivity contribution < 1.29 is 9.59 Å². The number of carbonyl (C=O) groups is 2. The fourth-order valence-electron chi connectivity index (χ4n) is 2.24. The molecule has 104 valence electrons. The molecule has 1 aromatic rings. The first kappa shape index (κ1) is 13.1. The van der Waals surface area contributed by atoms with Crippen molar-refractivity contribution in [1.82, 2.24) is 15.3 Å². The Balaban J connectivity index is 1.82. The van der Waals surface area contributed by atoms with Gasteiger partial charge < -0.3 is 4.90 Å².